The summed E-state index contributed by atoms with van der Waals surface area (Å²) in [5, 5.41) is 0. The molecule has 0 radical (unpaired) electrons. The largest absolute Gasteiger partial charge is 0.371 e. The second-order valence-corrected chi connectivity index (χ2v) is 4.82. The standard InChI is InChI=1S/C13H16N2O2/c1-9(16)10-4-5-14-13(6-10)15-7-11-2-3-12(8-15)17-11/h4-6,11-12H,2-3,7-8H2,1H3. The Kier molecular flexibility index (Phi) is 2.59. The molecule has 90 valence electrons. The van der Waals surface area contributed by atoms with Crippen molar-refractivity contribution in [2.75, 3.05) is 18.0 Å². The molecule has 0 amide bonds. The Bertz CT molecular complexity index is 435. The number of pyridine rings is 1. The molecule has 0 spiro atoms. The zero-order valence-corrected chi connectivity index (χ0v) is 9.93. The van der Waals surface area contributed by atoms with Gasteiger partial charge in [-0.15, -0.1) is 0 Å². The number of Topliss-reactive ketones (excluding diaryl/α,β-unsaturated/α-hetero) is 1. The molecule has 1 aromatic heterocycles. The molecule has 4 heteroatoms. The van der Waals surface area contributed by atoms with E-state index >= 15 is 0 Å². The first-order chi connectivity index (χ1) is 8.22. The Labute approximate surface area is 101 Å². The van der Waals surface area contributed by atoms with E-state index in [1.165, 1.54) is 0 Å². The summed E-state index contributed by atoms with van der Waals surface area (Å²) >= 11 is 0. The van der Waals surface area contributed by atoms with E-state index in [-0.39, 0.29) is 5.78 Å². The number of ether oxygens (including phenoxy) is 1. The summed E-state index contributed by atoms with van der Waals surface area (Å²) in [4.78, 5) is 17.9. The smallest absolute Gasteiger partial charge is 0.159 e. The number of hydrogen-bond donors (Lipinski definition) is 0. The third-order valence-electron chi connectivity index (χ3n) is 3.52. The maximum Gasteiger partial charge on any atom is 0.159 e. The Morgan fingerprint density at radius 1 is 1.41 bits per heavy atom. The van der Waals surface area contributed by atoms with Crippen LogP contribution in [0, 0.1) is 0 Å². The average Bonchev–Trinajstić information content (AvgIpc) is 2.68. The molecule has 3 heterocycles. The lowest BCUT2D eigenvalue weighted by atomic mass is 10.2. The minimum Gasteiger partial charge on any atom is -0.371 e. The van der Waals surface area contributed by atoms with Crippen molar-refractivity contribution in [3.63, 3.8) is 0 Å². The van der Waals surface area contributed by atoms with Crippen LogP contribution in [-0.4, -0.2) is 36.1 Å². The fourth-order valence-electron chi connectivity index (χ4n) is 2.61. The topological polar surface area (TPSA) is 42.4 Å². The third-order valence-corrected chi connectivity index (χ3v) is 3.52. The van der Waals surface area contributed by atoms with Crippen molar-refractivity contribution in [1.82, 2.24) is 4.98 Å². The lowest BCUT2D eigenvalue weighted by molar-refractivity contribution is 0.0302. The van der Waals surface area contributed by atoms with Gasteiger partial charge in [0.25, 0.3) is 0 Å². The number of aromatic nitrogens is 1. The number of anilines is 1. The van der Waals surface area contributed by atoms with Crippen LogP contribution >= 0.6 is 0 Å². The summed E-state index contributed by atoms with van der Waals surface area (Å²) < 4.78 is 5.79. The van der Waals surface area contributed by atoms with Gasteiger partial charge in [0.15, 0.2) is 5.78 Å². The second-order valence-electron chi connectivity index (χ2n) is 4.82. The van der Waals surface area contributed by atoms with Crippen molar-refractivity contribution >= 4 is 11.6 Å². The van der Waals surface area contributed by atoms with E-state index in [4.69, 9.17) is 4.74 Å². The third kappa shape index (κ3) is 2.05. The molecule has 2 saturated heterocycles. The molecule has 0 aliphatic carbocycles. The molecule has 2 fully saturated rings. The number of morpholine rings is 1. The molecule has 17 heavy (non-hydrogen) atoms. The number of carbonyl (C=O) groups is 1. The van der Waals surface area contributed by atoms with Gasteiger partial charge in [-0.2, -0.15) is 0 Å². The Morgan fingerprint density at radius 2 is 2.12 bits per heavy atom. The number of ketones is 1. The Hall–Kier alpha value is -1.42. The highest BCUT2D eigenvalue weighted by Crippen LogP contribution is 2.28. The predicted octanol–water partition coefficient (Wildman–Crippen LogP) is 1.65. The van der Waals surface area contributed by atoms with Crippen LogP contribution in [0.15, 0.2) is 18.3 Å². The van der Waals surface area contributed by atoms with Gasteiger partial charge in [0.1, 0.15) is 5.82 Å². The molecular formula is C13H16N2O2. The molecule has 0 saturated carbocycles. The first-order valence-corrected chi connectivity index (χ1v) is 6.10. The summed E-state index contributed by atoms with van der Waals surface area (Å²) in [7, 11) is 0. The molecule has 0 N–H and O–H groups in total. The fraction of sp³-hybridized carbons (Fsp3) is 0.538. The van der Waals surface area contributed by atoms with Gasteiger partial charge in [-0.05, 0) is 31.9 Å². The van der Waals surface area contributed by atoms with Crippen LogP contribution in [0.25, 0.3) is 0 Å². The lowest BCUT2D eigenvalue weighted by Gasteiger charge is -2.33. The number of nitrogens with zero attached hydrogens (tertiary/aromatic N) is 2. The number of hydrogen-bond acceptors (Lipinski definition) is 4. The van der Waals surface area contributed by atoms with Gasteiger partial charge in [-0.1, -0.05) is 0 Å². The van der Waals surface area contributed by atoms with E-state index < -0.39 is 0 Å². The van der Waals surface area contributed by atoms with Crippen LogP contribution in [-0.2, 0) is 4.74 Å². The maximum atomic E-state index is 11.4. The van der Waals surface area contributed by atoms with Crippen molar-refractivity contribution in [2.24, 2.45) is 0 Å². The van der Waals surface area contributed by atoms with Crippen LogP contribution in [0.4, 0.5) is 5.82 Å². The maximum absolute atomic E-state index is 11.4. The molecule has 4 nitrogen and oxygen atoms in total. The first-order valence-electron chi connectivity index (χ1n) is 6.10. The fourth-order valence-corrected chi connectivity index (χ4v) is 2.61. The molecule has 2 bridgehead atoms. The SMILES string of the molecule is CC(=O)c1ccnc(N2CC3CCC(C2)O3)c1. The Morgan fingerprint density at radius 3 is 2.76 bits per heavy atom. The van der Waals surface area contributed by atoms with Gasteiger partial charge >= 0.3 is 0 Å². The van der Waals surface area contributed by atoms with Crippen LogP contribution in [0.3, 0.4) is 0 Å². The van der Waals surface area contributed by atoms with E-state index in [0.717, 1.165) is 37.3 Å². The van der Waals surface area contributed by atoms with E-state index in [2.05, 4.69) is 9.88 Å². The van der Waals surface area contributed by atoms with E-state index in [0.29, 0.717) is 12.2 Å². The normalized spacial score (nSPS) is 27.2. The average molecular weight is 232 g/mol. The number of rotatable bonds is 2. The van der Waals surface area contributed by atoms with Gasteiger partial charge in [0.05, 0.1) is 12.2 Å². The summed E-state index contributed by atoms with van der Waals surface area (Å²) in [5.74, 6) is 0.989. The highest BCUT2D eigenvalue weighted by atomic mass is 16.5. The summed E-state index contributed by atoms with van der Waals surface area (Å²) in [6.07, 6.45) is 4.69. The highest BCUT2D eigenvalue weighted by molar-refractivity contribution is 5.94. The molecule has 2 aliphatic heterocycles. The molecule has 3 rings (SSSR count). The predicted molar refractivity (Wildman–Crippen MR) is 64.3 cm³/mol. The van der Waals surface area contributed by atoms with Gasteiger partial charge in [0, 0.05) is 24.8 Å². The van der Waals surface area contributed by atoms with Gasteiger partial charge in [-0.3, -0.25) is 4.79 Å². The second kappa shape index (κ2) is 4.11. The minimum atomic E-state index is 0.0879. The molecule has 2 aliphatic rings. The van der Waals surface area contributed by atoms with E-state index in [1.54, 1.807) is 19.2 Å². The molecule has 2 unspecified atom stereocenters. The quantitative estimate of drug-likeness (QED) is 0.727. The lowest BCUT2D eigenvalue weighted by Crippen LogP contribution is -2.43. The van der Waals surface area contributed by atoms with Crippen molar-refractivity contribution in [3.8, 4) is 0 Å². The van der Waals surface area contributed by atoms with Crippen molar-refractivity contribution in [1.29, 1.82) is 0 Å². The van der Waals surface area contributed by atoms with E-state index in [1.807, 2.05) is 6.07 Å². The molecule has 0 aromatic carbocycles. The summed E-state index contributed by atoms with van der Waals surface area (Å²) in [6, 6.07) is 3.65. The van der Waals surface area contributed by atoms with E-state index in [9.17, 15) is 4.79 Å². The highest BCUT2D eigenvalue weighted by Gasteiger charge is 2.34. The Balaban J connectivity index is 1.84. The van der Waals surface area contributed by atoms with Crippen LogP contribution in [0.1, 0.15) is 30.1 Å². The molecular weight excluding hydrogens is 216 g/mol. The van der Waals surface area contributed by atoms with Crippen LogP contribution in [0.2, 0.25) is 0 Å². The van der Waals surface area contributed by atoms with Crippen LogP contribution < -0.4 is 4.90 Å². The van der Waals surface area contributed by atoms with Crippen molar-refractivity contribution in [2.45, 2.75) is 32.0 Å². The molecule has 1 aromatic rings. The summed E-state index contributed by atoms with van der Waals surface area (Å²) in [5.41, 5.74) is 0.730. The minimum absolute atomic E-state index is 0.0879. The van der Waals surface area contributed by atoms with Crippen LogP contribution in [0.5, 0.6) is 0 Å². The zero-order chi connectivity index (χ0) is 11.8. The van der Waals surface area contributed by atoms with Gasteiger partial charge in [-0.25, -0.2) is 4.98 Å². The van der Waals surface area contributed by atoms with Gasteiger partial charge in [0.2, 0.25) is 0 Å². The number of carbonyl (C=O) groups excluding carboxylic acids is 1. The monoisotopic (exact) mass is 232 g/mol. The van der Waals surface area contributed by atoms with Crippen molar-refractivity contribution < 1.29 is 9.53 Å². The first kappa shape index (κ1) is 10.7. The summed E-state index contributed by atoms with van der Waals surface area (Å²) in [6.45, 7) is 3.37. The van der Waals surface area contributed by atoms with Crippen molar-refractivity contribution in [3.05, 3.63) is 23.9 Å². The van der Waals surface area contributed by atoms with Gasteiger partial charge < -0.3 is 9.64 Å². The zero-order valence-electron chi connectivity index (χ0n) is 9.93. The molecule has 2 atom stereocenters. The number of fused-ring (bicyclic) bond motifs is 2.